The van der Waals surface area contributed by atoms with Crippen molar-refractivity contribution in [1.29, 1.82) is 0 Å². The normalized spacial score (nSPS) is 27.2. The predicted octanol–water partition coefficient (Wildman–Crippen LogP) is 7.16. The van der Waals surface area contributed by atoms with Crippen LogP contribution in [0.2, 0.25) is 5.02 Å². The molecular formula is C41H36ClN3O5. The Labute approximate surface area is 295 Å². The summed E-state index contributed by atoms with van der Waals surface area (Å²) >= 11 is 6.45. The zero-order valence-corrected chi connectivity index (χ0v) is 28.6. The molecule has 0 bridgehead atoms. The molecule has 2 aliphatic heterocycles. The molecule has 3 fully saturated rings. The maximum atomic E-state index is 15.2. The number of allylic oxidation sites excluding steroid dienone is 2. The van der Waals surface area contributed by atoms with E-state index in [0.717, 1.165) is 27.3 Å². The molecule has 8 nitrogen and oxygen atoms in total. The van der Waals surface area contributed by atoms with E-state index in [-0.39, 0.29) is 35.8 Å². The largest absolute Gasteiger partial charge is 0.508 e. The number of phenols is 1. The Morgan fingerprint density at radius 2 is 1.54 bits per heavy atom. The summed E-state index contributed by atoms with van der Waals surface area (Å²) in [7, 11) is 0. The van der Waals surface area contributed by atoms with Crippen molar-refractivity contribution < 1.29 is 24.3 Å². The van der Waals surface area contributed by atoms with Gasteiger partial charge in [-0.2, -0.15) is 5.01 Å². The van der Waals surface area contributed by atoms with Crippen molar-refractivity contribution in [1.82, 2.24) is 5.01 Å². The Balaban J connectivity index is 1.31. The minimum Gasteiger partial charge on any atom is -0.508 e. The Morgan fingerprint density at radius 1 is 0.800 bits per heavy atom. The average molecular weight is 686 g/mol. The number of amides is 4. The zero-order chi connectivity index (χ0) is 35.1. The number of carbonyl (C=O) groups excluding carboxylic acids is 4. The molecule has 4 amide bonds. The number of benzene rings is 4. The second-order valence-electron chi connectivity index (χ2n) is 14.1. The molecule has 0 unspecified atom stereocenters. The number of aryl methyl sites for hydroxylation is 3. The molecule has 4 aromatic carbocycles. The fourth-order valence-electron chi connectivity index (χ4n) is 8.96. The van der Waals surface area contributed by atoms with Gasteiger partial charge in [0.1, 0.15) is 5.75 Å². The van der Waals surface area contributed by atoms with Crippen molar-refractivity contribution in [2.45, 2.75) is 44.9 Å². The summed E-state index contributed by atoms with van der Waals surface area (Å²) in [6, 6.07) is 27.3. The lowest BCUT2D eigenvalue weighted by Gasteiger charge is -2.50. The highest BCUT2D eigenvalue weighted by atomic mass is 35.5. The van der Waals surface area contributed by atoms with Crippen molar-refractivity contribution in [2.75, 3.05) is 10.3 Å². The fourth-order valence-corrected chi connectivity index (χ4v) is 9.13. The van der Waals surface area contributed by atoms with Crippen molar-refractivity contribution in [3.05, 3.63) is 135 Å². The van der Waals surface area contributed by atoms with Gasteiger partial charge in [0.05, 0.1) is 34.5 Å². The molecular weight excluding hydrogens is 650 g/mol. The zero-order valence-electron chi connectivity index (χ0n) is 27.9. The third kappa shape index (κ3) is 4.58. The van der Waals surface area contributed by atoms with Crippen LogP contribution in [0.15, 0.2) is 103 Å². The van der Waals surface area contributed by atoms with Gasteiger partial charge in [0.25, 0.3) is 11.8 Å². The third-order valence-electron chi connectivity index (χ3n) is 11.4. The van der Waals surface area contributed by atoms with E-state index in [1.54, 1.807) is 37.3 Å². The summed E-state index contributed by atoms with van der Waals surface area (Å²) in [6.45, 7) is 5.62. The Kier molecular flexibility index (Phi) is 7.49. The number of imide groups is 2. The van der Waals surface area contributed by atoms with Gasteiger partial charge >= 0.3 is 0 Å². The number of halogens is 1. The van der Waals surface area contributed by atoms with Gasteiger partial charge in [0, 0.05) is 10.9 Å². The Bertz CT molecular complexity index is 2130. The van der Waals surface area contributed by atoms with E-state index in [1.807, 2.05) is 80.6 Å². The lowest BCUT2D eigenvalue weighted by atomic mass is 9.49. The maximum absolute atomic E-state index is 15.2. The molecule has 2 saturated heterocycles. The van der Waals surface area contributed by atoms with Crippen LogP contribution in [-0.2, 0) is 24.6 Å². The van der Waals surface area contributed by atoms with Crippen LogP contribution < -0.4 is 10.3 Å². The number of nitrogens with zero attached hydrogens (tertiary/aromatic N) is 2. The summed E-state index contributed by atoms with van der Waals surface area (Å²) in [5.41, 5.74) is 7.57. The van der Waals surface area contributed by atoms with Crippen LogP contribution >= 0.6 is 11.6 Å². The second kappa shape index (κ2) is 11.7. The molecule has 4 aliphatic rings. The Morgan fingerprint density at radius 3 is 2.24 bits per heavy atom. The molecule has 2 aliphatic carbocycles. The fraction of sp³-hybridized carbons (Fsp3) is 0.268. The van der Waals surface area contributed by atoms with Gasteiger partial charge in [-0.1, -0.05) is 89.5 Å². The van der Waals surface area contributed by atoms with Gasteiger partial charge in [0.15, 0.2) is 0 Å². The van der Waals surface area contributed by atoms with Crippen molar-refractivity contribution in [2.24, 2.45) is 23.7 Å². The van der Waals surface area contributed by atoms with E-state index >= 15 is 4.79 Å². The van der Waals surface area contributed by atoms with Gasteiger partial charge in [-0.05, 0) is 92.1 Å². The molecule has 252 valence electrons. The molecule has 2 N–H and O–H groups in total. The SMILES string of the molecule is Cc1ccc(NN2C(=O)[C@@H]3C[C@@H]4C(=CC[C@@H]5C(=O)N(c6ccc(C)c(Cl)c6)C(=O)[C@@H]54)[C@H](c4ccc(O)c(C)c4)[C@]3(c3ccccc3)C2=O)cc1. The van der Waals surface area contributed by atoms with Crippen LogP contribution in [0.5, 0.6) is 5.75 Å². The number of carbonyl (C=O) groups is 4. The summed E-state index contributed by atoms with van der Waals surface area (Å²) in [4.78, 5) is 59.8. The number of phenolic OH excluding ortho intramolecular Hbond substituents is 1. The van der Waals surface area contributed by atoms with Gasteiger partial charge in [-0.15, -0.1) is 0 Å². The first-order valence-electron chi connectivity index (χ1n) is 16.9. The van der Waals surface area contributed by atoms with Crippen LogP contribution in [0.25, 0.3) is 0 Å². The average Bonchev–Trinajstić information content (AvgIpc) is 3.49. The van der Waals surface area contributed by atoms with Crippen LogP contribution in [0.3, 0.4) is 0 Å². The number of aromatic hydroxyl groups is 1. The van der Waals surface area contributed by atoms with Crippen LogP contribution in [0, 0.1) is 44.4 Å². The number of hydrazine groups is 1. The highest BCUT2D eigenvalue weighted by Crippen LogP contribution is 2.64. The van der Waals surface area contributed by atoms with E-state index in [9.17, 15) is 19.5 Å². The first kappa shape index (κ1) is 32.0. The lowest BCUT2D eigenvalue weighted by molar-refractivity contribution is -0.138. The second-order valence-corrected chi connectivity index (χ2v) is 14.5. The van der Waals surface area contributed by atoms with E-state index < -0.39 is 35.0 Å². The van der Waals surface area contributed by atoms with Gasteiger partial charge in [0.2, 0.25) is 11.8 Å². The summed E-state index contributed by atoms with van der Waals surface area (Å²) in [6.07, 6.45) is 2.55. The van der Waals surface area contributed by atoms with Crippen molar-refractivity contribution in [3.8, 4) is 5.75 Å². The van der Waals surface area contributed by atoms with Gasteiger partial charge in [-0.3, -0.25) is 24.6 Å². The molecule has 2 heterocycles. The lowest BCUT2D eigenvalue weighted by Crippen LogP contribution is -2.53. The van der Waals surface area contributed by atoms with E-state index in [2.05, 4.69) is 5.43 Å². The van der Waals surface area contributed by atoms with Crippen LogP contribution in [0.4, 0.5) is 11.4 Å². The maximum Gasteiger partial charge on any atom is 0.260 e. The molecule has 0 spiro atoms. The number of nitrogens with one attached hydrogen (secondary N) is 1. The van der Waals surface area contributed by atoms with Crippen molar-refractivity contribution in [3.63, 3.8) is 0 Å². The smallest absolute Gasteiger partial charge is 0.260 e. The Hall–Kier alpha value is -5.21. The van der Waals surface area contributed by atoms with E-state index in [1.165, 1.54) is 4.90 Å². The van der Waals surface area contributed by atoms with Gasteiger partial charge in [-0.25, -0.2) is 4.90 Å². The molecule has 0 radical (unpaired) electrons. The minimum absolute atomic E-state index is 0.115. The molecule has 6 atom stereocenters. The summed E-state index contributed by atoms with van der Waals surface area (Å²) < 4.78 is 0. The first-order chi connectivity index (χ1) is 24.0. The number of hydrogen-bond acceptors (Lipinski definition) is 6. The standard InChI is InChI=1S/C41H36ClN3O5/c1-22-9-13-27(14-10-22)43-45-38(48)32-21-31-29(16-17-30-35(31)39(49)44(37(30)47)28-15-11-23(2)33(42)20-28)36(25-12-18-34(46)24(3)19-25)41(32,40(45)50)26-7-5-4-6-8-26/h4-16,18-20,30-32,35-36,43,46H,17,21H2,1-3H3/t30-,31+,32-,35-,36-,41+/m0/s1. The number of hydrogen-bond donors (Lipinski definition) is 2. The first-order valence-corrected chi connectivity index (χ1v) is 17.3. The topological polar surface area (TPSA) is 107 Å². The molecule has 50 heavy (non-hydrogen) atoms. The molecule has 4 aromatic rings. The number of rotatable bonds is 5. The minimum atomic E-state index is -1.37. The quantitative estimate of drug-likeness (QED) is 0.171. The summed E-state index contributed by atoms with van der Waals surface area (Å²) in [5, 5.41) is 12.2. The monoisotopic (exact) mass is 685 g/mol. The molecule has 1 saturated carbocycles. The van der Waals surface area contributed by atoms with Crippen LogP contribution in [-0.4, -0.2) is 33.7 Å². The van der Waals surface area contributed by atoms with Crippen LogP contribution in [0.1, 0.15) is 46.6 Å². The highest BCUT2D eigenvalue weighted by Gasteiger charge is 2.70. The number of fused-ring (bicyclic) bond motifs is 4. The molecule has 0 aromatic heterocycles. The molecule has 8 rings (SSSR count). The predicted molar refractivity (Wildman–Crippen MR) is 190 cm³/mol. The van der Waals surface area contributed by atoms with Crippen molar-refractivity contribution >= 4 is 46.6 Å². The van der Waals surface area contributed by atoms with E-state index in [4.69, 9.17) is 11.6 Å². The third-order valence-corrected chi connectivity index (χ3v) is 11.8. The van der Waals surface area contributed by atoms with Gasteiger partial charge < -0.3 is 5.11 Å². The van der Waals surface area contributed by atoms with E-state index in [0.29, 0.717) is 33.9 Å². The summed E-state index contributed by atoms with van der Waals surface area (Å²) in [5.74, 6) is -4.63. The highest BCUT2D eigenvalue weighted by molar-refractivity contribution is 6.32. The number of anilines is 2. The molecule has 9 heteroatoms.